The van der Waals surface area contributed by atoms with Crippen LogP contribution in [0.4, 0.5) is 23.7 Å². The zero-order valence-electron chi connectivity index (χ0n) is 11.7. The van der Waals surface area contributed by atoms with Gasteiger partial charge in [0.2, 0.25) is 0 Å². The summed E-state index contributed by atoms with van der Waals surface area (Å²) in [5.41, 5.74) is -1.06. The molecule has 0 aromatic heterocycles. The van der Waals surface area contributed by atoms with Gasteiger partial charge in [-0.15, -0.1) is 0 Å². The lowest BCUT2D eigenvalue weighted by Crippen LogP contribution is -2.48. The molecule has 0 radical (unpaired) electrons. The van der Waals surface area contributed by atoms with Gasteiger partial charge in [0.15, 0.2) is 0 Å². The van der Waals surface area contributed by atoms with Crippen molar-refractivity contribution in [3.63, 3.8) is 0 Å². The number of nitrogens with zero attached hydrogens (tertiary/aromatic N) is 1. The van der Waals surface area contributed by atoms with Crippen LogP contribution in [0.2, 0.25) is 0 Å². The molecule has 1 aliphatic heterocycles. The Labute approximate surface area is 121 Å². The number of hydrogen-bond donors (Lipinski definition) is 2. The van der Waals surface area contributed by atoms with Gasteiger partial charge in [-0.25, -0.2) is 4.79 Å². The molecule has 1 fully saturated rings. The molecule has 21 heavy (non-hydrogen) atoms. The number of likely N-dealkylation sites (N-methyl/N-ethyl adjacent to an activating group) is 1. The van der Waals surface area contributed by atoms with E-state index in [9.17, 15) is 18.0 Å². The van der Waals surface area contributed by atoms with Crippen LogP contribution in [0.1, 0.15) is 18.4 Å². The first-order chi connectivity index (χ1) is 9.89. The molecule has 1 aromatic carbocycles. The molecule has 2 amide bonds. The number of para-hydroxylation sites is 1. The van der Waals surface area contributed by atoms with E-state index in [1.807, 2.05) is 0 Å². The van der Waals surface area contributed by atoms with Gasteiger partial charge in [0.1, 0.15) is 0 Å². The maximum atomic E-state index is 12.9. The molecule has 1 saturated heterocycles. The van der Waals surface area contributed by atoms with Crippen LogP contribution in [0.5, 0.6) is 0 Å². The molecule has 1 atom stereocenters. The number of anilines is 1. The standard InChI is InChI=1S/C14H18F3N3O/c1-20(10-5-4-8-18-9-10)13(21)19-12-7-3-2-6-11(12)14(15,16)17/h2-3,6-7,10,18H,4-5,8-9H2,1H3,(H,19,21). The number of rotatable bonds is 2. The zero-order valence-corrected chi connectivity index (χ0v) is 11.7. The number of carbonyl (C=O) groups excluding carboxylic acids is 1. The van der Waals surface area contributed by atoms with Gasteiger partial charge in [-0.05, 0) is 31.5 Å². The molecule has 1 heterocycles. The zero-order chi connectivity index (χ0) is 15.5. The number of piperidine rings is 1. The number of carbonyl (C=O) groups is 1. The van der Waals surface area contributed by atoms with Gasteiger partial charge < -0.3 is 15.5 Å². The predicted molar refractivity (Wildman–Crippen MR) is 74.1 cm³/mol. The quantitative estimate of drug-likeness (QED) is 0.882. The molecule has 0 aliphatic carbocycles. The van der Waals surface area contributed by atoms with Crippen molar-refractivity contribution in [3.8, 4) is 0 Å². The molecule has 0 saturated carbocycles. The van der Waals surface area contributed by atoms with Crippen LogP contribution in [-0.4, -0.2) is 37.1 Å². The Kier molecular flexibility index (Phi) is 4.72. The molecule has 2 rings (SSSR count). The monoisotopic (exact) mass is 301 g/mol. The Balaban J connectivity index is 2.09. The fraction of sp³-hybridized carbons (Fsp3) is 0.500. The van der Waals surface area contributed by atoms with Crippen molar-refractivity contribution in [3.05, 3.63) is 29.8 Å². The number of halogens is 3. The lowest BCUT2D eigenvalue weighted by atomic mass is 10.1. The van der Waals surface area contributed by atoms with E-state index in [4.69, 9.17) is 0 Å². The third-order valence-corrected chi connectivity index (χ3v) is 3.61. The summed E-state index contributed by atoms with van der Waals surface area (Å²) < 4.78 is 38.6. The highest BCUT2D eigenvalue weighted by molar-refractivity contribution is 5.90. The van der Waals surface area contributed by atoms with Crippen LogP contribution < -0.4 is 10.6 Å². The minimum atomic E-state index is -4.49. The predicted octanol–water partition coefficient (Wildman–Crippen LogP) is 2.92. The molecule has 116 valence electrons. The topological polar surface area (TPSA) is 44.4 Å². The van der Waals surface area contributed by atoms with Gasteiger partial charge in [-0.1, -0.05) is 12.1 Å². The normalized spacial score (nSPS) is 19.1. The number of hydrogen-bond acceptors (Lipinski definition) is 2. The first-order valence-corrected chi connectivity index (χ1v) is 6.80. The second kappa shape index (κ2) is 6.34. The number of amides is 2. The molecule has 2 N–H and O–H groups in total. The summed E-state index contributed by atoms with van der Waals surface area (Å²) in [5, 5.41) is 5.52. The Bertz CT molecular complexity index is 498. The Morgan fingerprint density at radius 2 is 2.10 bits per heavy atom. The summed E-state index contributed by atoms with van der Waals surface area (Å²) in [5.74, 6) is 0. The van der Waals surface area contributed by atoms with Crippen molar-refractivity contribution in [2.45, 2.75) is 25.1 Å². The maximum absolute atomic E-state index is 12.9. The van der Waals surface area contributed by atoms with Crippen LogP contribution in [-0.2, 0) is 6.18 Å². The van der Waals surface area contributed by atoms with E-state index in [1.54, 1.807) is 7.05 Å². The molecule has 0 bridgehead atoms. The summed E-state index contributed by atoms with van der Waals surface area (Å²) in [7, 11) is 1.60. The number of benzene rings is 1. The Morgan fingerprint density at radius 3 is 2.71 bits per heavy atom. The molecule has 1 unspecified atom stereocenters. The number of urea groups is 1. The fourth-order valence-electron chi connectivity index (χ4n) is 2.37. The van der Waals surface area contributed by atoms with E-state index in [-0.39, 0.29) is 11.7 Å². The van der Waals surface area contributed by atoms with Crippen LogP contribution in [0.15, 0.2) is 24.3 Å². The van der Waals surface area contributed by atoms with Crippen molar-refractivity contribution < 1.29 is 18.0 Å². The van der Waals surface area contributed by atoms with E-state index >= 15 is 0 Å². The van der Waals surface area contributed by atoms with E-state index in [1.165, 1.54) is 23.1 Å². The Morgan fingerprint density at radius 1 is 1.38 bits per heavy atom. The highest BCUT2D eigenvalue weighted by Gasteiger charge is 2.34. The van der Waals surface area contributed by atoms with E-state index in [0.717, 1.165) is 25.5 Å². The summed E-state index contributed by atoms with van der Waals surface area (Å²) in [6, 6.07) is 4.45. The number of nitrogens with one attached hydrogen (secondary N) is 2. The summed E-state index contributed by atoms with van der Waals surface area (Å²) >= 11 is 0. The molecule has 4 nitrogen and oxygen atoms in total. The van der Waals surface area contributed by atoms with Crippen molar-refractivity contribution >= 4 is 11.7 Å². The SMILES string of the molecule is CN(C(=O)Nc1ccccc1C(F)(F)F)C1CCCNC1. The minimum Gasteiger partial charge on any atom is -0.323 e. The molecule has 7 heteroatoms. The van der Waals surface area contributed by atoms with E-state index in [2.05, 4.69) is 10.6 Å². The van der Waals surface area contributed by atoms with Crippen molar-refractivity contribution in [1.29, 1.82) is 0 Å². The van der Waals surface area contributed by atoms with Gasteiger partial charge >= 0.3 is 12.2 Å². The third-order valence-electron chi connectivity index (χ3n) is 3.61. The average molecular weight is 301 g/mol. The second-order valence-electron chi connectivity index (χ2n) is 5.08. The van der Waals surface area contributed by atoms with Crippen molar-refractivity contribution in [1.82, 2.24) is 10.2 Å². The number of alkyl halides is 3. The Hall–Kier alpha value is -1.76. The lowest BCUT2D eigenvalue weighted by molar-refractivity contribution is -0.136. The minimum absolute atomic E-state index is 0.00296. The molecule has 1 aromatic rings. The first-order valence-electron chi connectivity index (χ1n) is 6.80. The van der Waals surface area contributed by atoms with Crippen LogP contribution in [0.3, 0.4) is 0 Å². The smallest absolute Gasteiger partial charge is 0.323 e. The van der Waals surface area contributed by atoms with E-state index in [0.29, 0.717) is 6.54 Å². The first kappa shape index (κ1) is 15.6. The van der Waals surface area contributed by atoms with Crippen molar-refractivity contribution in [2.24, 2.45) is 0 Å². The van der Waals surface area contributed by atoms with Gasteiger partial charge in [0, 0.05) is 19.6 Å². The van der Waals surface area contributed by atoms with E-state index < -0.39 is 17.8 Å². The van der Waals surface area contributed by atoms with Crippen LogP contribution in [0.25, 0.3) is 0 Å². The van der Waals surface area contributed by atoms with Gasteiger partial charge in [-0.2, -0.15) is 13.2 Å². The second-order valence-corrected chi connectivity index (χ2v) is 5.08. The van der Waals surface area contributed by atoms with Gasteiger partial charge in [0.05, 0.1) is 11.3 Å². The maximum Gasteiger partial charge on any atom is 0.418 e. The largest absolute Gasteiger partial charge is 0.418 e. The molecular weight excluding hydrogens is 283 g/mol. The van der Waals surface area contributed by atoms with Gasteiger partial charge in [-0.3, -0.25) is 0 Å². The summed E-state index contributed by atoms with van der Waals surface area (Å²) in [6.07, 6.45) is -2.70. The van der Waals surface area contributed by atoms with Crippen LogP contribution >= 0.6 is 0 Å². The molecular formula is C14H18F3N3O. The molecule has 0 spiro atoms. The fourth-order valence-corrected chi connectivity index (χ4v) is 2.37. The lowest BCUT2D eigenvalue weighted by Gasteiger charge is -2.32. The van der Waals surface area contributed by atoms with Gasteiger partial charge in [0.25, 0.3) is 0 Å². The highest BCUT2D eigenvalue weighted by Crippen LogP contribution is 2.34. The van der Waals surface area contributed by atoms with Crippen LogP contribution in [0, 0.1) is 0 Å². The summed E-state index contributed by atoms with van der Waals surface area (Å²) in [4.78, 5) is 13.6. The third kappa shape index (κ3) is 3.87. The highest BCUT2D eigenvalue weighted by atomic mass is 19.4. The molecule has 1 aliphatic rings. The summed E-state index contributed by atoms with van der Waals surface area (Å²) in [6.45, 7) is 1.56. The average Bonchev–Trinajstić information content (AvgIpc) is 2.47. The van der Waals surface area contributed by atoms with Crippen molar-refractivity contribution in [2.75, 3.05) is 25.5 Å².